The standard InChI is InChI=1S/C17H21N3/c1-13-7-9-15(10-8-13)20-17-16(11-18-12-19-17)14-5-3-2-4-6-14/h2-6,11-13,15H,7-10H2,1H3,(H,18,19,20). The highest BCUT2D eigenvalue weighted by Crippen LogP contribution is 2.29. The third-order valence-electron chi connectivity index (χ3n) is 4.15. The molecule has 1 N–H and O–H groups in total. The molecule has 0 radical (unpaired) electrons. The summed E-state index contributed by atoms with van der Waals surface area (Å²) in [7, 11) is 0. The molecule has 1 heterocycles. The van der Waals surface area contributed by atoms with Gasteiger partial charge < -0.3 is 5.32 Å². The predicted molar refractivity (Wildman–Crippen MR) is 82.5 cm³/mol. The van der Waals surface area contributed by atoms with Crippen molar-refractivity contribution in [1.82, 2.24) is 9.97 Å². The first kappa shape index (κ1) is 13.1. The average molecular weight is 267 g/mol. The van der Waals surface area contributed by atoms with E-state index in [9.17, 15) is 0 Å². The maximum Gasteiger partial charge on any atom is 0.137 e. The summed E-state index contributed by atoms with van der Waals surface area (Å²) in [6.07, 6.45) is 8.61. The largest absolute Gasteiger partial charge is 0.367 e. The molecular formula is C17H21N3. The fourth-order valence-corrected chi connectivity index (χ4v) is 2.87. The maximum absolute atomic E-state index is 4.45. The molecule has 1 aromatic heterocycles. The van der Waals surface area contributed by atoms with Gasteiger partial charge in [-0.2, -0.15) is 0 Å². The first-order valence-electron chi connectivity index (χ1n) is 7.45. The summed E-state index contributed by atoms with van der Waals surface area (Å²) in [6.45, 7) is 2.34. The summed E-state index contributed by atoms with van der Waals surface area (Å²) < 4.78 is 0. The third-order valence-corrected chi connectivity index (χ3v) is 4.15. The van der Waals surface area contributed by atoms with Crippen molar-refractivity contribution in [3.8, 4) is 11.1 Å². The van der Waals surface area contributed by atoms with Crippen molar-refractivity contribution >= 4 is 5.82 Å². The Bertz CT molecular complexity index is 545. The van der Waals surface area contributed by atoms with Gasteiger partial charge in [0.05, 0.1) is 0 Å². The lowest BCUT2D eigenvalue weighted by Crippen LogP contribution is -2.26. The minimum Gasteiger partial charge on any atom is -0.367 e. The van der Waals surface area contributed by atoms with Crippen LogP contribution in [0, 0.1) is 5.92 Å². The van der Waals surface area contributed by atoms with Crippen molar-refractivity contribution in [3.05, 3.63) is 42.9 Å². The highest BCUT2D eigenvalue weighted by atomic mass is 15.0. The average Bonchev–Trinajstić information content (AvgIpc) is 2.51. The lowest BCUT2D eigenvalue weighted by atomic mass is 9.87. The van der Waals surface area contributed by atoms with Gasteiger partial charge in [0.1, 0.15) is 12.1 Å². The van der Waals surface area contributed by atoms with Gasteiger partial charge in [-0.05, 0) is 37.2 Å². The molecule has 20 heavy (non-hydrogen) atoms. The highest BCUT2D eigenvalue weighted by Gasteiger charge is 2.19. The molecule has 1 fully saturated rings. The number of nitrogens with one attached hydrogen (secondary N) is 1. The Balaban J connectivity index is 1.80. The molecule has 104 valence electrons. The first-order chi connectivity index (χ1) is 9.83. The van der Waals surface area contributed by atoms with Crippen LogP contribution in [0.4, 0.5) is 5.82 Å². The van der Waals surface area contributed by atoms with Gasteiger partial charge in [0.2, 0.25) is 0 Å². The van der Waals surface area contributed by atoms with Crippen LogP contribution in [0.3, 0.4) is 0 Å². The molecule has 3 rings (SSSR count). The molecule has 0 unspecified atom stereocenters. The second-order valence-electron chi connectivity index (χ2n) is 5.75. The first-order valence-corrected chi connectivity index (χ1v) is 7.45. The van der Waals surface area contributed by atoms with Crippen molar-refractivity contribution in [1.29, 1.82) is 0 Å². The van der Waals surface area contributed by atoms with Gasteiger partial charge >= 0.3 is 0 Å². The Hall–Kier alpha value is -1.90. The van der Waals surface area contributed by atoms with E-state index in [0.717, 1.165) is 17.3 Å². The Labute approximate surface area is 120 Å². The summed E-state index contributed by atoms with van der Waals surface area (Å²) in [5, 5.41) is 3.62. The smallest absolute Gasteiger partial charge is 0.137 e. The maximum atomic E-state index is 4.45. The van der Waals surface area contributed by atoms with Crippen LogP contribution < -0.4 is 5.32 Å². The molecule has 2 aromatic rings. The number of aromatic nitrogens is 2. The van der Waals surface area contributed by atoms with Gasteiger partial charge in [-0.25, -0.2) is 9.97 Å². The van der Waals surface area contributed by atoms with Gasteiger partial charge in [0, 0.05) is 17.8 Å². The van der Waals surface area contributed by atoms with Crippen molar-refractivity contribution < 1.29 is 0 Å². The Kier molecular flexibility index (Phi) is 3.95. The van der Waals surface area contributed by atoms with E-state index in [0.29, 0.717) is 6.04 Å². The van der Waals surface area contributed by atoms with Crippen LogP contribution in [0.1, 0.15) is 32.6 Å². The van der Waals surface area contributed by atoms with Crippen LogP contribution in [0.15, 0.2) is 42.9 Å². The zero-order chi connectivity index (χ0) is 13.8. The van der Waals surface area contributed by atoms with E-state index < -0.39 is 0 Å². The fourth-order valence-electron chi connectivity index (χ4n) is 2.87. The summed E-state index contributed by atoms with van der Waals surface area (Å²) in [6, 6.07) is 10.9. The van der Waals surface area contributed by atoms with Crippen LogP contribution in [0.5, 0.6) is 0 Å². The second kappa shape index (κ2) is 6.04. The topological polar surface area (TPSA) is 37.8 Å². The monoisotopic (exact) mass is 267 g/mol. The van der Waals surface area contributed by atoms with Gasteiger partial charge in [0.15, 0.2) is 0 Å². The molecule has 3 heteroatoms. The highest BCUT2D eigenvalue weighted by molar-refractivity contribution is 5.74. The lowest BCUT2D eigenvalue weighted by molar-refractivity contribution is 0.361. The number of benzene rings is 1. The molecule has 0 atom stereocenters. The molecule has 1 aliphatic carbocycles. The van der Waals surface area contributed by atoms with Crippen LogP contribution in [0.25, 0.3) is 11.1 Å². The molecular weight excluding hydrogens is 246 g/mol. The Morgan fingerprint density at radius 3 is 2.55 bits per heavy atom. The van der Waals surface area contributed by atoms with Crippen LogP contribution >= 0.6 is 0 Å². The molecule has 0 saturated heterocycles. The summed E-state index contributed by atoms with van der Waals surface area (Å²) in [5.41, 5.74) is 2.26. The molecule has 3 nitrogen and oxygen atoms in total. The summed E-state index contributed by atoms with van der Waals surface area (Å²) in [4.78, 5) is 8.62. The zero-order valence-corrected chi connectivity index (χ0v) is 11.9. The van der Waals surface area contributed by atoms with Crippen molar-refractivity contribution in [3.63, 3.8) is 0 Å². The van der Waals surface area contributed by atoms with Crippen LogP contribution in [-0.4, -0.2) is 16.0 Å². The predicted octanol–water partition coefficient (Wildman–Crippen LogP) is 4.13. The molecule has 0 spiro atoms. The van der Waals surface area contributed by atoms with E-state index in [2.05, 4.69) is 46.5 Å². The van der Waals surface area contributed by atoms with Crippen molar-refractivity contribution in [2.75, 3.05) is 5.32 Å². The van der Waals surface area contributed by atoms with E-state index in [1.165, 1.54) is 31.2 Å². The summed E-state index contributed by atoms with van der Waals surface area (Å²) in [5.74, 6) is 1.83. The van der Waals surface area contributed by atoms with E-state index in [1.807, 2.05) is 12.3 Å². The minimum absolute atomic E-state index is 0.545. The molecule has 1 aromatic carbocycles. The Morgan fingerprint density at radius 2 is 1.80 bits per heavy atom. The van der Waals surface area contributed by atoms with E-state index in [4.69, 9.17) is 0 Å². The van der Waals surface area contributed by atoms with E-state index >= 15 is 0 Å². The SMILES string of the molecule is CC1CCC(Nc2ncncc2-c2ccccc2)CC1. The molecule has 0 aliphatic heterocycles. The number of rotatable bonds is 3. The number of hydrogen-bond donors (Lipinski definition) is 1. The molecule has 1 saturated carbocycles. The van der Waals surface area contributed by atoms with Crippen molar-refractivity contribution in [2.24, 2.45) is 5.92 Å². The van der Waals surface area contributed by atoms with Crippen LogP contribution in [0.2, 0.25) is 0 Å². The quantitative estimate of drug-likeness (QED) is 0.908. The number of anilines is 1. The van der Waals surface area contributed by atoms with Gasteiger partial charge in [0.25, 0.3) is 0 Å². The van der Waals surface area contributed by atoms with Gasteiger partial charge in [-0.3, -0.25) is 0 Å². The lowest BCUT2D eigenvalue weighted by Gasteiger charge is -2.27. The zero-order valence-electron chi connectivity index (χ0n) is 11.9. The normalized spacial score (nSPS) is 22.4. The summed E-state index contributed by atoms with van der Waals surface area (Å²) >= 11 is 0. The minimum atomic E-state index is 0.545. The van der Waals surface area contributed by atoms with Gasteiger partial charge in [-0.1, -0.05) is 37.3 Å². The van der Waals surface area contributed by atoms with Crippen LogP contribution in [-0.2, 0) is 0 Å². The Morgan fingerprint density at radius 1 is 1.05 bits per heavy atom. The molecule has 0 amide bonds. The van der Waals surface area contributed by atoms with Gasteiger partial charge in [-0.15, -0.1) is 0 Å². The molecule has 0 bridgehead atoms. The van der Waals surface area contributed by atoms with Crippen molar-refractivity contribution in [2.45, 2.75) is 38.6 Å². The van der Waals surface area contributed by atoms with E-state index in [-0.39, 0.29) is 0 Å². The van der Waals surface area contributed by atoms with E-state index in [1.54, 1.807) is 6.33 Å². The molecule has 1 aliphatic rings. The number of hydrogen-bond acceptors (Lipinski definition) is 3. The second-order valence-corrected chi connectivity index (χ2v) is 5.75. The third kappa shape index (κ3) is 2.98. The number of nitrogens with zero attached hydrogens (tertiary/aromatic N) is 2. The fraction of sp³-hybridized carbons (Fsp3) is 0.412.